The molecule has 3 heteroatoms. The van der Waals surface area contributed by atoms with E-state index >= 15 is 0 Å². The fraction of sp³-hybridized carbons (Fsp3) is 0.647. The Morgan fingerprint density at radius 1 is 1.40 bits per heavy atom. The molecule has 0 saturated carbocycles. The van der Waals surface area contributed by atoms with Gasteiger partial charge in [-0.25, -0.2) is 0 Å². The molecule has 0 spiro atoms. The van der Waals surface area contributed by atoms with Crippen molar-refractivity contribution in [2.75, 3.05) is 26.8 Å². The fourth-order valence-corrected chi connectivity index (χ4v) is 2.60. The zero-order valence-electron chi connectivity index (χ0n) is 13.2. The standard InChI is InChI=1S/C17H27NO2/c1-13-5-6-16-14(9-13)10-15(20-16)11-18-12-17(2,3)7-8-19-4/h5-6,9,15,18H,7-8,10-12H2,1-4H3. The van der Waals surface area contributed by atoms with E-state index in [1.54, 1.807) is 7.11 Å². The summed E-state index contributed by atoms with van der Waals surface area (Å²) in [6, 6.07) is 6.44. The minimum absolute atomic E-state index is 0.262. The van der Waals surface area contributed by atoms with Crippen molar-refractivity contribution in [1.29, 1.82) is 0 Å². The molecular weight excluding hydrogens is 250 g/mol. The van der Waals surface area contributed by atoms with Gasteiger partial charge in [0.25, 0.3) is 0 Å². The van der Waals surface area contributed by atoms with Crippen molar-refractivity contribution in [3.63, 3.8) is 0 Å². The van der Waals surface area contributed by atoms with Crippen LogP contribution in [0.3, 0.4) is 0 Å². The topological polar surface area (TPSA) is 30.5 Å². The van der Waals surface area contributed by atoms with Gasteiger partial charge in [-0.3, -0.25) is 0 Å². The van der Waals surface area contributed by atoms with Crippen LogP contribution in [0.2, 0.25) is 0 Å². The third-order valence-electron chi connectivity index (χ3n) is 3.92. The second kappa shape index (κ2) is 6.59. The smallest absolute Gasteiger partial charge is 0.123 e. The summed E-state index contributed by atoms with van der Waals surface area (Å²) >= 11 is 0. The van der Waals surface area contributed by atoms with Gasteiger partial charge in [-0.2, -0.15) is 0 Å². The lowest BCUT2D eigenvalue weighted by Gasteiger charge is -2.25. The van der Waals surface area contributed by atoms with Gasteiger partial charge in [0.1, 0.15) is 11.9 Å². The van der Waals surface area contributed by atoms with E-state index in [9.17, 15) is 0 Å². The Bertz CT molecular complexity index is 443. The molecule has 0 bridgehead atoms. The summed E-state index contributed by atoms with van der Waals surface area (Å²) in [5.74, 6) is 1.06. The van der Waals surface area contributed by atoms with Crippen molar-refractivity contribution in [1.82, 2.24) is 5.32 Å². The number of ether oxygens (including phenoxy) is 2. The highest BCUT2D eigenvalue weighted by Gasteiger charge is 2.23. The van der Waals surface area contributed by atoms with Gasteiger partial charge in [0.2, 0.25) is 0 Å². The quantitative estimate of drug-likeness (QED) is 0.831. The molecule has 1 heterocycles. The number of hydrogen-bond donors (Lipinski definition) is 1. The van der Waals surface area contributed by atoms with Crippen LogP contribution >= 0.6 is 0 Å². The molecule has 1 unspecified atom stereocenters. The number of methoxy groups -OCH3 is 1. The number of nitrogens with one attached hydrogen (secondary N) is 1. The van der Waals surface area contributed by atoms with Crippen LogP contribution < -0.4 is 10.1 Å². The van der Waals surface area contributed by atoms with Crippen LogP contribution in [-0.2, 0) is 11.2 Å². The molecule has 0 radical (unpaired) electrons. The number of benzene rings is 1. The summed E-state index contributed by atoms with van der Waals surface area (Å²) in [4.78, 5) is 0. The molecule has 1 N–H and O–H groups in total. The summed E-state index contributed by atoms with van der Waals surface area (Å²) in [7, 11) is 1.76. The van der Waals surface area contributed by atoms with E-state index in [0.29, 0.717) is 0 Å². The minimum Gasteiger partial charge on any atom is -0.488 e. The van der Waals surface area contributed by atoms with Gasteiger partial charge >= 0.3 is 0 Å². The van der Waals surface area contributed by atoms with E-state index in [1.165, 1.54) is 11.1 Å². The number of fused-ring (bicyclic) bond motifs is 1. The highest BCUT2D eigenvalue weighted by atomic mass is 16.5. The van der Waals surface area contributed by atoms with Gasteiger partial charge in [0, 0.05) is 33.2 Å². The molecule has 0 aromatic heterocycles. The number of rotatable bonds is 7. The van der Waals surface area contributed by atoms with Crippen molar-refractivity contribution in [3.8, 4) is 5.75 Å². The molecule has 0 fully saturated rings. The molecule has 20 heavy (non-hydrogen) atoms. The van der Waals surface area contributed by atoms with Crippen LogP contribution in [0.25, 0.3) is 0 Å². The molecule has 3 nitrogen and oxygen atoms in total. The largest absolute Gasteiger partial charge is 0.488 e. The first-order chi connectivity index (χ1) is 9.50. The zero-order chi connectivity index (χ0) is 14.6. The van der Waals surface area contributed by atoms with E-state index in [1.807, 2.05) is 0 Å². The molecule has 1 aromatic carbocycles. The lowest BCUT2D eigenvalue weighted by molar-refractivity contribution is 0.147. The monoisotopic (exact) mass is 277 g/mol. The normalized spacial score (nSPS) is 17.9. The first-order valence-corrected chi connectivity index (χ1v) is 7.46. The van der Waals surface area contributed by atoms with Crippen molar-refractivity contribution < 1.29 is 9.47 Å². The second-order valence-corrected chi connectivity index (χ2v) is 6.59. The van der Waals surface area contributed by atoms with Crippen LogP contribution in [0.1, 0.15) is 31.4 Å². The predicted octanol–water partition coefficient (Wildman–Crippen LogP) is 2.95. The Labute approximate surface area is 122 Å². The maximum absolute atomic E-state index is 5.97. The van der Waals surface area contributed by atoms with Crippen molar-refractivity contribution >= 4 is 0 Å². The summed E-state index contributed by atoms with van der Waals surface area (Å²) in [6.45, 7) is 9.39. The Morgan fingerprint density at radius 3 is 2.95 bits per heavy atom. The van der Waals surface area contributed by atoms with Crippen LogP contribution in [-0.4, -0.2) is 32.9 Å². The van der Waals surface area contributed by atoms with Gasteiger partial charge in [0.05, 0.1) is 0 Å². The molecule has 0 aliphatic carbocycles. The van der Waals surface area contributed by atoms with Crippen LogP contribution in [0, 0.1) is 12.3 Å². The molecule has 1 aliphatic heterocycles. The van der Waals surface area contributed by atoms with Crippen LogP contribution in [0.15, 0.2) is 18.2 Å². The minimum atomic E-state index is 0.262. The zero-order valence-corrected chi connectivity index (χ0v) is 13.2. The lowest BCUT2D eigenvalue weighted by Crippen LogP contribution is -2.36. The van der Waals surface area contributed by atoms with E-state index in [2.05, 4.69) is 44.3 Å². The van der Waals surface area contributed by atoms with E-state index in [-0.39, 0.29) is 11.5 Å². The maximum Gasteiger partial charge on any atom is 0.123 e. The highest BCUT2D eigenvalue weighted by molar-refractivity contribution is 5.40. The average Bonchev–Trinajstić information content (AvgIpc) is 2.78. The Balaban J connectivity index is 1.74. The summed E-state index contributed by atoms with van der Waals surface area (Å²) in [5.41, 5.74) is 2.91. The molecule has 1 atom stereocenters. The average molecular weight is 277 g/mol. The molecule has 0 saturated heterocycles. The first-order valence-electron chi connectivity index (χ1n) is 7.46. The SMILES string of the molecule is COCCC(C)(C)CNCC1Cc2cc(C)ccc2O1. The van der Waals surface area contributed by atoms with Crippen molar-refractivity contribution in [2.24, 2.45) is 5.41 Å². The number of hydrogen-bond acceptors (Lipinski definition) is 3. The summed E-state index contributed by atoms with van der Waals surface area (Å²) in [5, 5.41) is 3.55. The molecule has 112 valence electrons. The molecule has 2 rings (SSSR count). The Morgan fingerprint density at radius 2 is 2.20 bits per heavy atom. The fourth-order valence-electron chi connectivity index (χ4n) is 2.60. The van der Waals surface area contributed by atoms with E-state index in [0.717, 1.165) is 38.3 Å². The maximum atomic E-state index is 5.97. The van der Waals surface area contributed by atoms with E-state index in [4.69, 9.17) is 9.47 Å². The molecule has 1 aromatic rings. The van der Waals surface area contributed by atoms with Gasteiger partial charge < -0.3 is 14.8 Å². The lowest BCUT2D eigenvalue weighted by atomic mass is 9.89. The first kappa shape index (κ1) is 15.3. The van der Waals surface area contributed by atoms with Gasteiger partial charge in [-0.05, 0) is 30.4 Å². The Kier molecular flexibility index (Phi) is 5.06. The summed E-state index contributed by atoms with van der Waals surface area (Å²) < 4.78 is 11.1. The van der Waals surface area contributed by atoms with Crippen LogP contribution in [0.5, 0.6) is 5.75 Å². The third kappa shape index (κ3) is 4.22. The van der Waals surface area contributed by atoms with Gasteiger partial charge in [-0.15, -0.1) is 0 Å². The van der Waals surface area contributed by atoms with Gasteiger partial charge in [0.15, 0.2) is 0 Å². The van der Waals surface area contributed by atoms with Crippen molar-refractivity contribution in [3.05, 3.63) is 29.3 Å². The van der Waals surface area contributed by atoms with E-state index < -0.39 is 0 Å². The second-order valence-electron chi connectivity index (χ2n) is 6.59. The molecular formula is C17H27NO2. The Hall–Kier alpha value is -1.06. The highest BCUT2D eigenvalue weighted by Crippen LogP contribution is 2.29. The molecule has 1 aliphatic rings. The predicted molar refractivity (Wildman–Crippen MR) is 82.4 cm³/mol. The third-order valence-corrected chi connectivity index (χ3v) is 3.92. The molecule has 0 amide bonds. The number of aryl methyl sites for hydroxylation is 1. The van der Waals surface area contributed by atoms with Crippen molar-refractivity contribution in [2.45, 2.75) is 39.7 Å². The summed E-state index contributed by atoms with van der Waals surface area (Å²) in [6.07, 6.45) is 2.36. The van der Waals surface area contributed by atoms with Crippen LogP contribution in [0.4, 0.5) is 0 Å². The van der Waals surface area contributed by atoms with Gasteiger partial charge in [-0.1, -0.05) is 31.5 Å².